The van der Waals surface area contributed by atoms with Crippen LogP contribution in [0.25, 0.3) is 0 Å². The Labute approximate surface area is 142 Å². The Morgan fingerprint density at radius 2 is 1.92 bits per heavy atom. The molecular weight excluding hydrogens is 304 g/mol. The summed E-state index contributed by atoms with van der Waals surface area (Å²) < 4.78 is 0. The number of aromatic nitrogens is 2. The normalized spacial score (nSPS) is 17.2. The van der Waals surface area contributed by atoms with Crippen molar-refractivity contribution in [2.24, 2.45) is 11.7 Å². The van der Waals surface area contributed by atoms with Gasteiger partial charge in [-0.15, -0.1) is 0 Å². The third kappa shape index (κ3) is 4.40. The number of hydrogen-bond donors (Lipinski definition) is 1. The van der Waals surface area contributed by atoms with Gasteiger partial charge in [-0.25, -0.2) is 9.97 Å². The van der Waals surface area contributed by atoms with E-state index in [1.807, 2.05) is 4.90 Å². The standard InChI is InChI=1S/C18H24N4O2/c19-17(23)15-10-21-16(11-20-15)18(24)22(12-14-6-7-14)9-8-13-4-2-1-3-5-13/h4,10-11,14H,1-3,5-9,12H2,(H2,19,23). The Kier molecular flexibility index (Phi) is 5.23. The first-order valence-electron chi connectivity index (χ1n) is 8.72. The van der Waals surface area contributed by atoms with Crippen molar-refractivity contribution in [3.63, 3.8) is 0 Å². The molecule has 1 aromatic heterocycles. The van der Waals surface area contributed by atoms with Crippen LogP contribution in [0, 0.1) is 5.92 Å². The van der Waals surface area contributed by atoms with Crippen LogP contribution in [0.4, 0.5) is 0 Å². The fourth-order valence-electron chi connectivity index (χ4n) is 3.03. The maximum Gasteiger partial charge on any atom is 0.274 e. The maximum atomic E-state index is 12.7. The second-order valence-corrected chi connectivity index (χ2v) is 6.70. The van der Waals surface area contributed by atoms with Gasteiger partial charge in [0, 0.05) is 13.1 Å². The van der Waals surface area contributed by atoms with Crippen molar-refractivity contribution >= 4 is 11.8 Å². The molecule has 6 nitrogen and oxygen atoms in total. The lowest BCUT2D eigenvalue weighted by Gasteiger charge is -2.23. The molecule has 2 amide bonds. The van der Waals surface area contributed by atoms with Gasteiger partial charge < -0.3 is 10.6 Å². The van der Waals surface area contributed by atoms with Gasteiger partial charge in [-0.05, 0) is 50.9 Å². The van der Waals surface area contributed by atoms with Crippen LogP contribution < -0.4 is 5.73 Å². The van der Waals surface area contributed by atoms with Crippen LogP contribution in [0.2, 0.25) is 0 Å². The van der Waals surface area contributed by atoms with E-state index in [-0.39, 0.29) is 17.3 Å². The zero-order valence-electron chi connectivity index (χ0n) is 13.9. The van der Waals surface area contributed by atoms with Gasteiger partial charge in [0.15, 0.2) is 0 Å². The Bertz CT molecular complexity index is 635. The molecule has 0 aliphatic heterocycles. The van der Waals surface area contributed by atoms with Gasteiger partial charge in [0.25, 0.3) is 11.8 Å². The van der Waals surface area contributed by atoms with Gasteiger partial charge in [-0.3, -0.25) is 9.59 Å². The van der Waals surface area contributed by atoms with E-state index in [4.69, 9.17) is 5.73 Å². The Morgan fingerprint density at radius 1 is 1.17 bits per heavy atom. The fourth-order valence-corrected chi connectivity index (χ4v) is 3.03. The highest BCUT2D eigenvalue weighted by Gasteiger charge is 2.28. The number of allylic oxidation sites excluding steroid dienone is 1. The highest BCUT2D eigenvalue weighted by molar-refractivity contribution is 5.93. The second-order valence-electron chi connectivity index (χ2n) is 6.70. The van der Waals surface area contributed by atoms with E-state index in [0.717, 1.165) is 32.4 Å². The third-order valence-corrected chi connectivity index (χ3v) is 4.67. The minimum Gasteiger partial charge on any atom is -0.364 e. The van der Waals surface area contributed by atoms with Crippen LogP contribution in [-0.2, 0) is 0 Å². The summed E-state index contributed by atoms with van der Waals surface area (Å²) in [4.78, 5) is 33.7. The third-order valence-electron chi connectivity index (χ3n) is 4.67. The number of nitrogens with two attached hydrogens (primary N) is 1. The number of nitrogens with zero attached hydrogens (tertiary/aromatic N) is 3. The molecule has 0 atom stereocenters. The van der Waals surface area contributed by atoms with Crippen molar-refractivity contribution in [2.45, 2.75) is 44.9 Å². The van der Waals surface area contributed by atoms with Gasteiger partial charge in [-0.1, -0.05) is 11.6 Å². The van der Waals surface area contributed by atoms with Crippen molar-refractivity contribution in [3.8, 4) is 0 Å². The Morgan fingerprint density at radius 3 is 2.50 bits per heavy atom. The number of hydrogen-bond acceptors (Lipinski definition) is 4. The predicted octanol–water partition coefficient (Wildman–Crippen LogP) is 2.32. The Hall–Kier alpha value is -2.24. The van der Waals surface area contributed by atoms with E-state index in [2.05, 4.69) is 16.0 Å². The van der Waals surface area contributed by atoms with E-state index < -0.39 is 5.91 Å². The minimum absolute atomic E-state index is 0.0765. The van der Waals surface area contributed by atoms with Gasteiger partial charge in [0.05, 0.1) is 12.4 Å². The molecule has 2 aliphatic rings. The maximum absolute atomic E-state index is 12.7. The van der Waals surface area contributed by atoms with Crippen LogP contribution in [0.5, 0.6) is 0 Å². The largest absolute Gasteiger partial charge is 0.364 e. The number of rotatable bonds is 7. The number of primary amides is 1. The molecule has 0 spiro atoms. The lowest BCUT2D eigenvalue weighted by Crippen LogP contribution is -2.35. The molecule has 1 fully saturated rings. The van der Waals surface area contributed by atoms with Gasteiger partial charge in [0.1, 0.15) is 11.4 Å². The first-order chi connectivity index (χ1) is 11.6. The summed E-state index contributed by atoms with van der Waals surface area (Å²) in [5.74, 6) is -0.130. The summed E-state index contributed by atoms with van der Waals surface area (Å²) in [5.41, 5.74) is 6.98. The smallest absolute Gasteiger partial charge is 0.274 e. The molecule has 2 N–H and O–H groups in total. The molecular formula is C18H24N4O2. The topological polar surface area (TPSA) is 89.2 Å². The quantitative estimate of drug-likeness (QED) is 0.778. The predicted molar refractivity (Wildman–Crippen MR) is 90.3 cm³/mol. The first kappa shape index (κ1) is 16.6. The van der Waals surface area contributed by atoms with Crippen LogP contribution in [0.15, 0.2) is 24.0 Å². The average Bonchev–Trinajstić information content (AvgIpc) is 3.43. The molecule has 1 saturated carbocycles. The van der Waals surface area contributed by atoms with Crippen molar-refractivity contribution in [1.29, 1.82) is 0 Å². The van der Waals surface area contributed by atoms with E-state index in [1.54, 1.807) is 0 Å². The monoisotopic (exact) mass is 328 g/mol. The molecule has 3 rings (SSSR count). The second kappa shape index (κ2) is 7.55. The molecule has 0 bridgehead atoms. The highest BCUT2D eigenvalue weighted by Crippen LogP contribution is 2.30. The summed E-state index contributed by atoms with van der Waals surface area (Å²) in [6, 6.07) is 0. The zero-order chi connectivity index (χ0) is 16.9. The molecule has 1 aromatic rings. The van der Waals surface area contributed by atoms with Gasteiger partial charge in [-0.2, -0.15) is 0 Å². The van der Waals surface area contributed by atoms with Gasteiger partial charge >= 0.3 is 0 Å². The summed E-state index contributed by atoms with van der Waals surface area (Å²) in [6.45, 7) is 1.51. The Balaban J connectivity index is 1.66. The van der Waals surface area contributed by atoms with E-state index in [9.17, 15) is 9.59 Å². The summed E-state index contributed by atoms with van der Waals surface area (Å²) in [7, 11) is 0. The molecule has 0 saturated heterocycles. The van der Waals surface area contributed by atoms with Crippen LogP contribution >= 0.6 is 0 Å². The molecule has 24 heavy (non-hydrogen) atoms. The van der Waals surface area contributed by atoms with Crippen molar-refractivity contribution in [1.82, 2.24) is 14.9 Å². The highest BCUT2D eigenvalue weighted by atomic mass is 16.2. The molecule has 0 unspecified atom stereocenters. The number of carbonyl (C=O) groups is 2. The number of amides is 2. The van der Waals surface area contributed by atoms with Crippen LogP contribution in [-0.4, -0.2) is 39.8 Å². The molecule has 0 radical (unpaired) electrons. The van der Waals surface area contributed by atoms with E-state index in [0.29, 0.717) is 5.92 Å². The van der Waals surface area contributed by atoms with E-state index >= 15 is 0 Å². The van der Waals surface area contributed by atoms with Crippen molar-refractivity contribution in [3.05, 3.63) is 35.4 Å². The lowest BCUT2D eigenvalue weighted by molar-refractivity contribution is 0.0742. The summed E-state index contributed by atoms with van der Waals surface area (Å²) >= 11 is 0. The summed E-state index contributed by atoms with van der Waals surface area (Å²) in [6.07, 6.45) is 13.1. The first-order valence-corrected chi connectivity index (χ1v) is 8.72. The summed E-state index contributed by atoms with van der Waals surface area (Å²) in [5, 5.41) is 0. The molecule has 6 heteroatoms. The van der Waals surface area contributed by atoms with E-state index in [1.165, 1.54) is 43.7 Å². The van der Waals surface area contributed by atoms with Gasteiger partial charge in [0.2, 0.25) is 0 Å². The average molecular weight is 328 g/mol. The molecule has 0 aromatic carbocycles. The minimum atomic E-state index is -0.638. The SMILES string of the molecule is NC(=O)c1cnc(C(=O)N(CCC2=CCCCC2)CC2CC2)cn1. The molecule has 2 aliphatic carbocycles. The van der Waals surface area contributed by atoms with Crippen molar-refractivity contribution in [2.75, 3.05) is 13.1 Å². The van der Waals surface area contributed by atoms with Crippen LogP contribution in [0.3, 0.4) is 0 Å². The number of carbonyl (C=O) groups excluding carboxylic acids is 2. The zero-order valence-corrected chi connectivity index (χ0v) is 13.9. The van der Waals surface area contributed by atoms with Crippen molar-refractivity contribution < 1.29 is 9.59 Å². The molecule has 1 heterocycles. The van der Waals surface area contributed by atoms with Crippen LogP contribution in [0.1, 0.15) is 65.9 Å². The lowest BCUT2D eigenvalue weighted by atomic mass is 9.97. The molecule has 128 valence electrons. The fraction of sp³-hybridized carbons (Fsp3) is 0.556.